The molecular weight excluding hydrogens is 168 g/mol. The van der Waals surface area contributed by atoms with Gasteiger partial charge < -0.3 is 10.2 Å². The van der Waals surface area contributed by atoms with Crippen molar-refractivity contribution in [2.75, 3.05) is 0 Å². The fourth-order valence-corrected chi connectivity index (χ4v) is 0.929. The van der Waals surface area contributed by atoms with Crippen LogP contribution in [0.15, 0.2) is 12.2 Å². The predicted molar refractivity (Wildman–Crippen MR) is 51.4 cm³/mol. The Hall–Kier alpha value is -0.830. The van der Waals surface area contributed by atoms with Gasteiger partial charge in [0.15, 0.2) is 0 Å². The Morgan fingerprint density at radius 2 is 1.85 bits per heavy atom. The molecule has 0 aromatic rings. The maximum atomic E-state index is 10.7. The fraction of sp³-hybridized carbons (Fsp3) is 0.700. The molecule has 0 aromatic heterocycles. The second-order valence-corrected chi connectivity index (χ2v) is 4.12. The van der Waals surface area contributed by atoms with Crippen LogP contribution >= 0.6 is 0 Å². The molecule has 0 radical (unpaired) electrons. The number of hydrogen-bond acceptors (Lipinski definition) is 2. The van der Waals surface area contributed by atoms with Crippen LogP contribution in [0, 0.1) is 11.8 Å². The Bertz CT molecular complexity index is 199. The molecular formula is C10H18O3. The van der Waals surface area contributed by atoms with E-state index < -0.39 is 17.5 Å². The summed E-state index contributed by atoms with van der Waals surface area (Å²) < 4.78 is 0. The Morgan fingerprint density at radius 3 is 2.08 bits per heavy atom. The van der Waals surface area contributed by atoms with E-state index in [0.29, 0.717) is 0 Å². The highest BCUT2D eigenvalue weighted by atomic mass is 16.4. The molecule has 0 spiro atoms. The minimum Gasteiger partial charge on any atom is -0.481 e. The third-order valence-corrected chi connectivity index (χ3v) is 1.71. The smallest absolute Gasteiger partial charge is 0.310 e. The van der Waals surface area contributed by atoms with Crippen molar-refractivity contribution in [1.29, 1.82) is 0 Å². The van der Waals surface area contributed by atoms with E-state index in [-0.39, 0.29) is 5.92 Å². The minimum absolute atomic E-state index is 0.0381. The molecule has 0 rings (SSSR count). The lowest BCUT2D eigenvalue weighted by Crippen LogP contribution is -2.20. The van der Waals surface area contributed by atoms with E-state index in [2.05, 4.69) is 0 Å². The van der Waals surface area contributed by atoms with Crippen LogP contribution in [0.3, 0.4) is 0 Å². The summed E-state index contributed by atoms with van der Waals surface area (Å²) in [6.07, 6.45) is 3.07. The number of carboxylic acid groups (broad SMARTS) is 1. The van der Waals surface area contributed by atoms with Crippen molar-refractivity contribution < 1.29 is 15.0 Å². The molecule has 0 saturated carbocycles. The quantitative estimate of drug-likeness (QED) is 0.656. The van der Waals surface area contributed by atoms with E-state index in [1.807, 2.05) is 13.8 Å². The first-order valence-electron chi connectivity index (χ1n) is 4.38. The van der Waals surface area contributed by atoms with E-state index in [4.69, 9.17) is 5.11 Å². The van der Waals surface area contributed by atoms with Crippen LogP contribution in [0.5, 0.6) is 0 Å². The highest BCUT2D eigenvalue weighted by molar-refractivity contribution is 5.72. The average molecular weight is 186 g/mol. The molecule has 1 unspecified atom stereocenters. The summed E-state index contributed by atoms with van der Waals surface area (Å²) in [6, 6.07) is 0. The van der Waals surface area contributed by atoms with Crippen molar-refractivity contribution in [3.8, 4) is 0 Å². The van der Waals surface area contributed by atoms with E-state index in [0.717, 1.165) is 0 Å². The number of aliphatic carboxylic acids is 1. The van der Waals surface area contributed by atoms with Crippen LogP contribution in [0.1, 0.15) is 27.7 Å². The summed E-state index contributed by atoms with van der Waals surface area (Å²) in [5.74, 6) is -1.34. The molecule has 0 amide bonds. The van der Waals surface area contributed by atoms with Crippen LogP contribution in [0.25, 0.3) is 0 Å². The van der Waals surface area contributed by atoms with Crippen LogP contribution in [-0.4, -0.2) is 21.8 Å². The maximum Gasteiger partial charge on any atom is 0.310 e. The number of carbonyl (C=O) groups is 1. The average Bonchev–Trinajstić information content (AvgIpc) is 1.82. The molecule has 1 atom stereocenters. The second-order valence-electron chi connectivity index (χ2n) is 4.12. The van der Waals surface area contributed by atoms with E-state index in [9.17, 15) is 9.90 Å². The minimum atomic E-state index is -0.942. The summed E-state index contributed by atoms with van der Waals surface area (Å²) in [4.78, 5) is 10.7. The summed E-state index contributed by atoms with van der Waals surface area (Å²) in [7, 11) is 0. The van der Waals surface area contributed by atoms with Crippen molar-refractivity contribution in [3.05, 3.63) is 12.2 Å². The Balaban J connectivity index is 4.44. The van der Waals surface area contributed by atoms with E-state index in [1.165, 1.54) is 6.08 Å². The predicted octanol–water partition coefficient (Wildman–Crippen LogP) is 1.67. The third kappa shape index (κ3) is 5.42. The molecule has 3 nitrogen and oxygen atoms in total. The first-order valence-corrected chi connectivity index (χ1v) is 4.38. The molecule has 0 bridgehead atoms. The van der Waals surface area contributed by atoms with Gasteiger partial charge in [-0.15, -0.1) is 0 Å². The van der Waals surface area contributed by atoms with Crippen LogP contribution in [0.4, 0.5) is 0 Å². The molecule has 0 aliphatic rings. The van der Waals surface area contributed by atoms with Crippen LogP contribution in [0.2, 0.25) is 0 Å². The number of rotatable bonds is 4. The molecule has 0 saturated heterocycles. The standard InChI is InChI=1S/C10H18O3/c1-7(2)8(9(11)12)5-6-10(3,4)13/h5-8,13H,1-4H3,(H,11,12)/b6-5+. The topological polar surface area (TPSA) is 57.5 Å². The Morgan fingerprint density at radius 1 is 1.38 bits per heavy atom. The zero-order valence-corrected chi connectivity index (χ0v) is 8.61. The zero-order valence-electron chi connectivity index (χ0n) is 8.61. The van der Waals surface area contributed by atoms with Gasteiger partial charge in [-0.2, -0.15) is 0 Å². The molecule has 2 N–H and O–H groups in total. The number of carboxylic acids is 1. The highest BCUT2D eigenvalue weighted by Gasteiger charge is 2.19. The monoisotopic (exact) mass is 186 g/mol. The Kier molecular flexibility index (Phi) is 4.14. The molecule has 0 aliphatic carbocycles. The summed E-state index contributed by atoms with van der Waals surface area (Å²) in [5, 5.41) is 18.2. The first kappa shape index (κ1) is 12.2. The van der Waals surface area contributed by atoms with Crippen molar-refractivity contribution in [2.24, 2.45) is 11.8 Å². The summed E-state index contributed by atoms with van der Waals surface area (Å²) in [6.45, 7) is 6.91. The third-order valence-electron chi connectivity index (χ3n) is 1.71. The van der Waals surface area contributed by atoms with Crippen molar-refractivity contribution >= 4 is 5.97 Å². The van der Waals surface area contributed by atoms with Gasteiger partial charge in [-0.1, -0.05) is 26.0 Å². The van der Waals surface area contributed by atoms with Crippen molar-refractivity contribution in [2.45, 2.75) is 33.3 Å². The molecule has 13 heavy (non-hydrogen) atoms. The van der Waals surface area contributed by atoms with Gasteiger partial charge in [0.25, 0.3) is 0 Å². The van der Waals surface area contributed by atoms with Gasteiger partial charge in [0.1, 0.15) is 0 Å². The lowest BCUT2D eigenvalue weighted by atomic mass is 9.94. The number of aliphatic hydroxyl groups is 1. The largest absolute Gasteiger partial charge is 0.481 e. The van der Waals surface area contributed by atoms with Gasteiger partial charge in [-0.25, -0.2) is 0 Å². The lowest BCUT2D eigenvalue weighted by molar-refractivity contribution is -0.141. The first-order chi connectivity index (χ1) is 5.74. The molecule has 3 heteroatoms. The normalized spacial score (nSPS) is 15.2. The SMILES string of the molecule is CC(C)C(/C=C/C(C)(C)O)C(=O)O. The molecule has 0 aliphatic heterocycles. The maximum absolute atomic E-state index is 10.7. The number of hydrogen-bond donors (Lipinski definition) is 2. The van der Waals surface area contributed by atoms with Crippen LogP contribution < -0.4 is 0 Å². The second kappa shape index (κ2) is 4.42. The van der Waals surface area contributed by atoms with Gasteiger partial charge in [-0.05, 0) is 19.8 Å². The summed E-state index contributed by atoms with van der Waals surface area (Å²) >= 11 is 0. The van der Waals surface area contributed by atoms with Crippen molar-refractivity contribution in [1.82, 2.24) is 0 Å². The highest BCUT2D eigenvalue weighted by Crippen LogP contribution is 2.15. The van der Waals surface area contributed by atoms with E-state index >= 15 is 0 Å². The Labute approximate surface area is 79.1 Å². The van der Waals surface area contributed by atoms with Gasteiger partial charge in [0.05, 0.1) is 11.5 Å². The summed E-state index contributed by atoms with van der Waals surface area (Å²) in [5.41, 5.74) is -0.942. The van der Waals surface area contributed by atoms with Crippen molar-refractivity contribution in [3.63, 3.8) is 0 Å². The lowest BCUT2D eigenvalue weighted by Gasteiger charge is -2.15. The van der Waals surface area contributed by atoms with E-state index in [1.54, 1.807) is 19.9 Å². The van der Waals surface area contributed by atoms with Gasteiger partial charge in [-0.3, -0.25) is 4.79 Å². The van der Waals surface area contributed by atoms with Gasteiger partial charge in [0.2, 0.25) is 0 Å². The molecule has 0 aromatic carbocycles. The van der Waals surface area contributed by atoms with Crippen LogP contribution in [-0.2, 0) is 4.79 Å². The van der Waals surface area contributed by atoms with Gasteiger partial charge in [0, 0.05) is 0 Å². The fourth-order valence-electron chi connectivity index (χ4n) is 0.929. The van der Waals surface area contributed by atoms with Gasteiger partial charge >= 0.3 is 5.97 Å². The molecule has 76 valence electrons. The molecule has 0 heterocycles. The molecule has 0 fully saturated rings. The zero-order chi connectivity index (χ0) is 10.6.